The number of halogens is 3. The summed E-state index contributed by atoms with van der Waals surface area (Å²) < 4.78 is 50.2. The van der Waals surface area contributed by atoms with Gasteiger partial charge in [-0.3, -0.25) is 4.79 Å². The Morgan fingerprint density at radius 2 is 1.47 bits per heavy atom. The molecule has 0 bridgehead atoms. The number of hydrogen-bond donors (Lipinski definition) is 1. The van der Waals surface area contributed by atoms with E-state index >= 15 is 0 Å². The molecule has 1 N–H and O–H groups in total. The first-order valence-electron chi connectivity index (χ1n) is 17.4. The van der Waals surface area contributed by atoms with Crippen LogP contribution >= 0.6 is 0 Å². The molecule has 1 aromatic heterocycles. The van der Waals surface area contributed by atoms with Crippen LogP contribution in [0.5, 0.6) is 5.88 Å². The maximum Gasteiger partial charge on any atom is 0.414 e. The fourth-order valence-corrected chi connectivity index (χ4v) is 5.77. The molecule has 0 aliphatic rings. The van der Waals surface area contributed by atoms with Gasteiger partial charge in [-0.25, -0.2) is 4.98 Å². The second-order valence-electron chi connectivity index (χ2n) is 12.4. The van der Waals surface area contributed by atoms with Crippen LogP contribution in [0.3, 0.4) is 0 Å². The van der Waals surface area contributed by atoms with Gasteiger partial charge in [0.2, 0.25) is 5.88 Å². The summed E-state index contributed by atoms with van der Waals surface area (Å²) in [6.07, 6.45) is 9.40. The minimum atomic E-state index is -4.43. The van der Waals surface area contributed by atoms with Crippen LogP contribution in [0.25, 0.3) is 22.3 Å². The SMILES string of the molecule is CCCCCCCCCCCCOc1ccc(-c2cc(C(CCCC(=O)O)CCOC(C)C(F)(F)F)ccc2-c2ccccc2)cn1. The van der Waals surface area contributed by atoms with Crippen molar-refractivity contribution in [1.82, 2.24) is 4.98 Å². The molecule has 5 nitrogen and oxygen atoms in total. The number of carbonyl (C=O) groups is 1. The van der Waals surface area contributed by atoms with Gasteiger partial charge < -0.3 is 14.6 Å². The molecule has 3 aromatic rings. The van der Waals surface area contributed by atoms with E-state index in [0.29, 0.717) is 31.7 Å². The molecular weight excluding hydrogens is 603 g/mol. The molecule has 0 aliphatic heterocycles. The molecule has 0 aliphatic carbocycles. The van der Waals surface area contributed by atoms with Crippen LogP contribution in [0.4, 0.5) is 13.2 Å². The highest BCUT2D eigenvalue weighted by molar-refractivity contribution is 5.83. The lowest BCUT2D eigenvalue weighted by Gasteiger charge is -2.22. The number of carboxylic acids is 1. The molecule has 0 amide bonds. The largest absolute Gasteiger partial charge is 0.481 e. The normalized spacial score (nSPS) is 13.0. The second-order valence-corrected chi connectivity index (χ2v) is 12.4. The summed E-state index contributed by atoms with van der Waals surface area (Å²) in [5.41, 5.74) is 4.79. The fraction of sp³-hybridized carbons (Fsp3) is 0.538. The number of rotatable bonds is 23. The molecule has 2 unspecified atom stereocenters. The first-order valence-corrected chi connectivity index (χ1v) is 17.4. The number of ether oxygens (including phenoxy) is 2. The van der Waals surface area contributed by atoms with Crippen LogP contribution in [0.2, 0.25) is 0 Å². The molecule has 258 valence electrons. The van der Waals surface area contributed by atoms with E-state index in [1.807, 2.05) is 54.6 Å². The summed E-state index contributed by atoms with van der Waals surface area (Å²) >= 11 is 0. The molecule has 3 rings (SSSR count). The van der Waals surface area contributed by atoms with E-state index in [0.717, 1.165) is 47.6 Å². The van der Waals surface area contributed by atoms with Gasteiger partial charge in [-0.05, 0) is 66.8 Å². The Hall–Kier alpha value is -3.39. The van der Waals surface area contributed by atoms with Crippen LogP contribution in [0.15, 0.2) is 66.9 Å². The number of alkyl halides is 3. The van der Waals surface area contributed by atoms with Gasteiger partial charge in [0.25, 0.3) is 0 Å². The molecular formula is C39H52F3NO4. The Morgan fingerprint density at radius 3 is 2.09 bits per heavy atom. The van der Waals surface area contributed by atoms with Crippen molar-refractivity contribution in [2.45, 2.75) is 122 Å². The minimum Gasteiger partial charge on any atom is -0.481 e. The summed E-state index contributed by atoms with van der Waals surface area (Å²) in [5, 5.41) is 9.19. The summed E-state index contributed by atoms with van der Waals surface area (Å²) in [4.78, 5) is 15.8. The third-order valence-corrected chi connectivity index (χ3v) is 8.63. The highest BCUT2D eigenvalue weighted by Gasteiger charge is 2.36. The van der Waals surface area contributed by atoms with Crippen LogP contribution in [-0.2, 0) is 9.53 Å². The lowest BCUT2D eigenvalue weighted by Crippen LogP contribution is -2.29. The van der Waals surface area contributed by atoms with E-state index in [4.69, 9.17) is 9.47 Å². The number of carboxylic acid groups (broad SMARTS) is 1. The number of aromatic nitrogens is 1. The van der Waals surface area contributed by atoms with E-state index in [1.54, 1.807) is 6.20 Å². The monoisotopic (exact) mass is 655 g/mol. The van der Waals surface area contributed by atoms with E-state index in [1.165, 1.54) is 51.4 Å². The molecule has 0 radical (unpaired) electrons. The first kappa shape index (κ1) is 38.1. The zero-order valence-electron chi connectivity index (χ0n) is 28.1. The van der Waals surface area contributed by atoms with Gasteiger partial charge in [0.15, 0.2) is 6.10 Å². The average molecular weight is 656 g/mol. The second kappa shape index (κ2) is 20.8. The lowest BCUT2D eigenvalue weighted by molar-refractivity contribution is -0.214. The summed E-state index contributed by atoms with van der Waals surface area (Å²) in [6, 6.07) is 19.9. The average Bonchev–Trinajstić information content (AvgIpc) is 3.06. The van der Waals surface area contributed by atoms with Crippen molar-refractivity contribution >= 4 is 5.97 Å². The predicted octanol–water partition coefficient (Wildman–Crippen LogP) is 11.4. The number of unbranched alkanes of at least 4 members (excludes halogenated alkanes) is 9. The molecule has 47 heavy (non-hydrogen) atoms. The third-order valence-electron chi connectivity index (χ3n) is 8.63. The summed E-state index contributed by atoms with van der Waals surface area (Å²) in [5.74, 6) is -0.494. The molecule has 0 fully saturated rings. The van der Waals surface area contributed by atoms with E-state index < -0.39 is 18.2 Å². The van der Waals surface area contributed by atoms with Gasteiger partial charge in [0.1, 0.15) is 0 Å². The van der Waals surface area contributed by atoms with E-state index in [2.05, 4.69) is 18.0 Å². The third kappa shape index (κ3) is 14.1. The van der Waals surface area contributed by atoms with Gasteiger partial charge in [0, 0.05) is 30.9 Å². The fourth-order valence-electron chi connectivity index (χ4n) is 5.77. The van der Waals surface area contributed by atoms with Crippen LogP contribution in [0, 0.1) is 0 Å². The number of hydrogen-bond acceptors (Lipinski definition) is 4. The standard InChI is InChI=1S/C39H52F3NO4/c1-3-4-5-6-7-8-9-10-11-15-26-47-37-24-22-34(29-43-37)36-28-33(21-23-35(36)32-17-13-12-14-18-32)31(19-16-20-38(44)45)25-27-46-30(2)39(40,41)42/h12-14,17-18,21-24,28-31H,3-11,15-16,19-20,25-27H2,1-2H3,(H,44,45). The van der Waals surface area contributed by atoms with Crippen molar-refractivity contribution in [3.63, 3.8) is 0 Å². The smallest absolute Gasteiger partial charge is 0.414 e. The van der Waals surface area contributed by atoms with Crippen LogP contribution in [-0.4, -0.2) is 41.6 Å². The van der Waals surface area contributed by atoms with Gasteiger partial charge in [-0.2, -0.15) is 13.2 Å². The molecule has 0 saturated heterocycles. The molecule has 2 atom stereocenters. The quantitative estimate of drug-likeness (QED) is 0.103. The van der Waals surface area contributed by atoms with Crippen LogP contribution < -0.4 is 4.74 Å². The Bertz CT molecular complexity index is 1300. The maximum absolute atomic E-state index is 13.0. The molecule has 8 heteroatoms. The van der Waals surface area contributed by atoms with E-state index in [9.17, 15) is 23.1 Å². The Morgan fingerprint density at radius 1 is 0.787 bits per heavy atom. The molecule has 2 aromatic carbocycles. The van der Waals surface area contributed by atoms with Gasteiger partial charge in [-0.15, -0.1) is 0 Å². The maximum atomic E-state index is 13.0. The van der Waals surface area contributed by atoms with Crippen molar-refractivity contribution in [3.05, 3.63) is 72.4 Å². The van der Waals surface area contributed by atoms with Crippen molar-refractivity contribution < 1.29 is 32.5 Å². The summed E-state index contributed by atoms with van der Waals surface area (Å²) in [7, 11) is 0. The Balaban J connectivity index is 1.69. The lowest BCUT2D eigenvalue weighted by atomic mass is 9.86. The number of nitrogens with zero attached hydrogens (tertiary/aromatic N) is 1. The first-order chi connectivity index (χ1) is 22.7. The van der Waals surface area contributed by atoms with E-state index in [-0.39, 0.29) is 18.9 Å². The predicted molar refractivity (Wildman–Crippen MR) is 183 cm³/mol. The molecule has 0 saturated carbocycles. The number of benzene rings is 2. The van der Waals surface area contributed by atoms with Crippen molar-refractivity contribution in [2.24, 2.45) is 0 Å². The number of aliphatic carboxylic acids is 1. The number of pyridine rings is 1. The zero-order valence-corrected chi connectivity index (χ0v) is 28.1. The highest BCUT2D eigenvalue weighted by atomic mass is 19.4. The minimum absolute atomic E-state index is 0.00419. The Labute approximate surface area is 278 Å². The van der Waals surface area contributed by atoms with Crippen molar-refractivity contribution in [2.75, 3.05) is 13.2 Å². The van der Waals surface area contributed by atoms with Gasteiger partial charge >= 0.3 is 12.1 Å². The summed E-state index contributed by atoms with van der Waals surface area (Å²) in [6.45, 7) is 3.79. The highest BCUT2D eigenvalue weighted by Crippen LogP contribution is 2.37. The van der Waals surface area contributed by atoms with Crippen LogP contribution in [0.1, 0.15) is 115 Å². The van der Waals surface area contributed by atoms with Crippen molar-refractivity contribution in [1.29, 1.82) is 0 Å². The zero-order chi connectivity index (χ0) is 33.9. The Kier molecular flexibility index (Phi) is 16.8. The van der Waals surface area contributed by atoms with Crippen molar-refractivity contribution in [3.8, 4) is 28.1 Å². The molecule has 1 heterocycles. The molecule has 0 spiro atoms. The van der Waals surface area contributed by atoms with Gasteiger partial charge in [-0.1, -0.05) is 113 Å². The van der Waals surface area contributed by atoms with Gasteiger partial charge in [0.05, 0.1) is 6.61 Å². The topological polar surface area (TPSA) is 68.7 Å².